The highest BCUT2D eigenvalue weighted by atomic mass is 16.5. The van der Waals surface area contributed by atoms with E-state index < -0.39 is 0 Å². The van der Waals surface area contributed by atoms with Gasteiger partial charge in [-0.15, -0.1) is 5.10 Å². The van der Waals surface area contributed by atoms with Crippen LogP contribution >= 0.6 is 0 Å². The molecule has 0 bridgehead atoms. The quantitative estimate of drug-likeness (QED) is 0.777. The molecule has 150 valence electrons. The van der Waals surface area contributed by atoms with Crippen molar-refractivity contribution in [2.45, 2.75) is 0 Å². The van der Waals surface area contributed by atoms with Crippen LogP contribution in [-0.2, 0) is 11.8 Å². The van der Waals surface area contributed by atoms with Crippen LogP contribution in [0.3, 0.4) is 0 Å². The monoisotopic (exact) mass is 387 g/mol. The summed E-state index contributed by atoms with van der Waals surface area (Å²) < 4.78 is 11.8. The first kappa shape index (κ1) is 19.5. The van der Waals surface area contributed by atoms with E-state index in [-0.39, 0.29) is 24.2 Å². The summed E-state index contributed by atoms with van der Waals surface area (Å²) in [6, 6.07) is 7.87. The van der Waals surface area contributed by atoms with Crippen LogP contribution in [0.15, 0.2) is 30.5 Å². The molecule has 0 radical (unpaired) electrons. The van der Waals surface area contributed by atoms with Gasteiger partial charge in [-0.2, -0.15) is 0 Å². The van der Waals surface area contributed by atoms with E-state index in [1.54, 1.807) is 25.3 Å². The van der Waals surface area contributed by atoms with E-state index in [1.165, 1.54) is 11.8 Å². The molecule has 1 aromatic heterocycles. The zero-order valence-electron chi connectivity index (χ0n) is 16.3. The molecule has 2 aromatic rings. The molecule has 0 spiro atoms. The maximum absolute atomic E-state index is 12.5. The molecule has 1 aromatic carbocycles. The van der Waals surface area contributed by atoms with Gasteiger partial charge in [0.2, 0.25) is 11.8 Å². The molecule has 3 rings (SSSR count). The van der Waals surface area contributed by atoms with E-state index in [1.807, 2.05) is 24.3 Å². The van der Waals surface area contributed by atoms with Gasteiger partial charge in [-0.25, -0.2) is 0 Å². The summed E-state index contributed by atoms with van der Waals surface area (Å²) >= 11 is 0. The largest absolute Gasteiger partial charge is 0.497 e. The Morgan fingerprint density at radius 1 is 1.14 bits per heavy atom. The zero-order valence-corrected chi connectivity index (χ0v) is 16.3. The molecule has 1 N–H and O–H groups in total. The molecular formula is C19H25N5O4. The average Bonchev–Trinajstić information content (AvgIpc) is 3.12. The Bertz CT molecular complexity index is 843. The first-order valence-electron chi connectivity index (χ1n) is 9.04. The number of nitrogens with zero attached hydrogens (tertiary/aromatic N) is 4. The van der Waals surface area contributed by atoms with Crippen molar-refractivity contribution in [2.75, 3.05) is 51.8 Å². The van der Waals surface area contributed by atoms with Crippen LogP contribution in [0.1, 0.15) is 10.4 Å². The predicted molar refractivity (Wildman–Crippen MR) is 104 cm³/mol. The Morgan fingerprint density at radius 3 is 2.57 bits per heavy atom. The molecule has 1 saturated heterocycles. The number of aryl methyl sites for hydroxylation is 1. The fourth-order valence-corrected chi connectivity index (χ4v) is 3.16. The molecule has 1 aliphatic rings. The smallest absolute Gasteiger partial charge is 0.258 e. The molecule has 1 aliphatic heterocycles. The second kappa shape index (κ2) is 8.64. The van der Waals surface area contributed by atoms with Crippen LogP contribution in [0.5, 0.6) is 11.6 Å². The first-order chi connectivity index (χ1) is 13.5. The number of aromatic nitrogens is 2. The topological polar surface area (TPSA) is 88.9 Å². The SMILES string of the molecule is COc1cccc(N2CCN(C(=O)CNC(=O)c3cn(C)nc3OC)CC2)c1. The van der Waals surface area contributed by atoms with Gasteiger partial charge < -0.3 is 24.6 Å². The third kappa shape index (κ3) is 4.36. The lowest BCUT2D eigenvalue weighted by Gasteiger charge is -2.36. The Hall–Kier alpha value is -3.23. The lowest BCUT2D eigenvalue weighted by atomic mass is 10.2. The maximum atomic E-state index is 12.5. The van der Waals surface area contributed by atoms with Crippen molar-refractivity contribution in [2.24, 2.45) is 7.05 Å². The van der Waals surface area contributed by atoms with Gasteiger partial charge in [-0.05, 0) is 12.1 Å². The van der Waals surface area contributed by atoms with Crippen molar-refractivity contribution in [1.29, 1.82) is 0 Å². The van der Waals surface area contributed by atoms with Gasteiger partial charge in [0.1, 0.15) is 11.3 Å². The van der Waals surface area contributed by atoms with Crippen molar-refractivity contribution in [3.8, 4) is 11.6 Å². The third-order valence-electron chi connectivity index (χ3n) is 4.68. The van der Waals surface area contributed by atoms with E-state index in [0.717, 1.165) is 24.5 Å². The maximum Gasteiger partial charge on any atom is 0.258 e. The normalized spacial score (nSPS) is 14.0. The fraction of sp³-hybridized carbons (Fsp3) is 0.421. The molecule has 28 heavy (non-hydrogen) atoms. The molecule has 0 saturated carbocycles. The van der Waals surface area contributed by atoms with Gasteiger partial charge >= 0.3 is 0 Å². The average molecular weight is 387 g/mol. The van der Waals surface area contributed by atoms with Crippen LogP contribution in [0.25, 0.3) is 0 Å². The molecule has 0 unspecified atom stereocenters. The summed E-state index contributed by atoms with van der Waals surface area (Å²) in [6.07, 6.45) is 1.56. The number of amides is 2. The van der Waals surface area contributed by atoms with Crippen molar-refractivity contribution in [3.63, 3.8) is 0 Å². The second-order valence-electron chi connectivity index (χ2n) is 6.48. The van der Waals surface area contributed by atoms with E-state index >= 15 is 0 Å². The number of benzene rings is 1. The highest BCUT2D eigenvalue weighted by Gasteiger charge is 2.23. The highest BCUT2D eigenvalue weighted by Crippen LogP contribution is 2.22. The molecule has 2 heterocycles. The summed E-state index contributed by atoms with van der Waals surface area (Å²) in [5.74, 6) is 0.554. The van der Waals surface area contributed by atoms with Crippen LogP contribution in [0, 0.1) is 0 Å². The Morgan fingerprint density at radius 2 is 1.89 bits per heavy atom. The van der Waals surface area contributed by atoms with E-state index in [2.05, 4.69) is 15.3 Å². The third-order valence-corrected chi connectivity index (χ3v) is 4.68. The van der Waals surface area contributed by atoms with Crippen LogP contribution < -0.4 is 19.7 Å². The Labute approximate surface area is 163 Å². The standard InChI is InChI=1S/C19H25N5O4/c1-22-13-16(19(21-22)28-3)18(26)20-12-17(25)24-9-7-23(8-10-24)14-5-4-6-15(11-14)27-2/h4-6,11,13H,7-10,12H2,1-3H3,(H,20,26). The van der Waals surface area contributed by atoms with Crippen molar-refractivity contribution in [3.05, 3.63) is 36.0 Å². The molecule has 2 amide bonds. The number of carbonyl (C=O) groups excluding carboxylic acids is 2. The van der Waals surface area contributed by atoms with Gasteiger partial charge in [0, 0.05) is 51.2 Å². The number of piperazine rings is 1. The van der Waals surface area contributed by atoms with Crippen LogP contribution in [-0.4, -0.2) is 73.4 Å². The lowest BCUT2D eigenvalue weighted by molar-refractivity contribution is -0.130. The van der Waals surface area contributed by atoms with Gasteiger partial charge in [0.15, 0.2) is 0 Å². The van der Waals surface area contributed by atoms with Gasteiger partial charge in [0.25, 0.3) is 5.91 Å². The summed E-state index contributed by atoms with van der Waals surface area (Å²) in [4.78, 5) is 28.7. The molecule has 1 fully saturated rings. The molecular weight excluding hydrogens is 362 g/mol. The van der Waals surface area contributed by atoms with Gasteiger partial charge in [-0.1, -0.05) is 6.07 Å². The number of hydrogen-bond acceptors (Lipinski definition) is 6. The van der Waals surface area contributed by atoms with E-state index in [0.29, 0.717) is 18.7 Å². The highest BCUT2D eigenvalue weighted by molar-refractivity contribution is 5.98. The van der Waals surface area contributed by atoms with Crippen molar-refractivity contribution < 1.29 is 19.1 Å². The summed E-state index contributed by atoms with van der Waals surface area (Å²) in [5, 5.41) is 6.69. The Balaban J connectivity index is 1.50. The zero-order chi connectivity index (χ0) is 20.1. The molecule has 0 aliphatic carbocycles. The first-order valence-corrected chi connectivity index (χ1v) is 9.04. The molecule has 9 heteroatoms. The number of nitrogens with one attached hydrogen (secondary N) is 1. The minimum atomic E-state index is -0.381. The number of methoxy groups -OCH3 is 2. The summed E-state index contributed by atoms with van der Waals surface area (Å²) in [7, 11) is 4.80. The lowest BCUT2D eigenvalue weighted by Crippen LogP contribution is -2.51. The van der Waals surface area contributed by atoms with Crippen LogP contribution in [0.4, 0.5) is 5.69 Å². The number of anilines is 1. The summed E-state index contributed by atoms with van der Waals surface area (Å²) in [6.45, 7) is 2.59. The van der Waals surface area contributed by atoms with Gasteiger partial charge in [0.05, 0.1) is 20.8 Å². The van der Waals surface area contributed by atoms with E-state index in [4.69, 9.17) is 9.47 Å². The van der Waals surface area contributed by atoms with Gasteiger partial charge in [-0.3, -0.25) is 14.3 Å². The molecule has 9 nitrogen and oxygen atoms in total. The number of ether oxygens (including phenoxy) is 2. The second-order valence-corrected chi connectivity index (χ2v) is 6.48. The summed E-state index contributed by atoms with van der Waals surface area (Å²) in [5.41, 5.74) is 1.38. The number of carbonyl (C=O) groups is 2. The molecule has 0 atom stereocenters. The van der Waals surface area contributed by atoms with Crippen molar-refractivity contribution >= 4 is 17.5 Å². The minimum absolute atomic E-state index is 0.0595. The minimum Gasteiger partial charge on any atom is -0.497 e. The predicted octanol–water partition coefficient (Wildman–Crippen LogP) is 0.516. The Kier molecular flexibility index (Phi) is 6.03. The van der Waals surface area contributed by atoms with E-state index in [9.17, 15) is 9.59 Å². The van der Waals surface area contributed by atoms with Crippen LogP contribution in [0.2, 0.25) is 0 Å². The van der Waals surface area contributed by atoms with Crippen molar-refractivity contribution in [1.82, 2.24) is 20.0 Å². The number of hydrogen-bond donors (Lipinski definition) is 1. The fourth-order valence-electron chi connectivity index (χ4n) is 3.16. The number of rotatable bonds is 6.